The summed E-state index contributed by atoms with van der Waals surface area (Å²) in [7, 11) is -2.78. The number of halogens is 2. The number of hydrogen-bond acceptors (Lipinski definition) is 5. The minimum Gasteiger partial charge on any atom is -0.495 e. The van der Waals surface area contributed by atoms with E-state index in [1.165, 1.54) is 24.1 Å². The largest absolute Gasteiger partial charge is 0.495 e. The average molecular weight is 579 g/mol. The Morgan fingerprint density at radius 3 is 2.29 bits per heavy atom. The summed E-state index contributed by atoms with van der Waals surface area (Å²) in [4.78, 5) is 27.9. The first-order valence-corrected chi connectivity index (χ1v) is 14.0. The van der Waals surface area contributed by atoms with Crippen LogP contribution in [0.25, 0.3) is 0 Å². The fourth-order valence-corrected chi connectivity index (χ4v) is 5.72. The molecule has 8 nitrogen and oxygen atoms in total. The number of hydrogen-bond donors (Lipinski definition) is 1. The van der Waals surface area contributed by atoms with E-state index in [2.05, 4.69) is 5.32 Å². The van der Waals surface area contributed by atoms with E-state index in [-0.39, 0.29) is 28.8 Å². The standard InChI is InChI=1S/C27H29Cl2N3O5S/c1-4-30-27(34)19(2)31(17-20-14-15-21(28)16-23(20)29)26(33)18-32(24-12-8-9-13-25(24)37-3)38(35,36)22-10-6-5-7-11-22/h5-16,19H,4,17-18H2,1-3H3,(H,30,34)/t19-/m1/s1. The number of carbonyl (C=O) groups excluding carboxylic acids is 2. The minimum atomic E-state index is -4.20. The SMILES string of the molecule is CCNC(=O)[C@@H](C)N(Cc1ccc(Cl)cc1Cl)C(=O)CN(c1ccccc1OC)S(=O)(=O)c1ccccc1. The Bertz CT molecular complexity index is 1390. The molecule has 0 radical (unpaired) electrons. The molecule has 202 valence electrons. The minimum absolute atomic E-state index is 0.00257. The predicted octanol–water partition coefficient (Wildman–Crippen LogP) is 4.75. The smallest absolute Gasteiger partial charge is 0.264 e. The van der Waals surface area contributed by atoms with Gasteiger partial charge in [0.25, 0.3) is 10.0 Å². The molecule has 0 saturated heterocycles. The van der Waals surface area contributed by atoms with Crippen molar-refractivity contribution in [3.63, 3.8) is 0 Å². The van der Waals surface area contributed by atoms with Gasteiger partial charge in [0, 0.05) is 23.1 Å². The van der Waals surface area contributed by atoms with Gasteiger partial charge in [-0.3, -0.25) is 13.9 Å². The molecule has 0 aromatic heterocycles. The van der Waals surface area contributed by atoms with Crippen molar-refractivity contribution in [3.05, 3.63) is 88.4 Å². The Hall–Kier alpha value is -3.27. The molecule has 0 saturated carbocycles. The van der Waals surface area contributed by atoms with Crippen LogP contribution in [-0.4, -0.2) is 51.4 Å². The topological polar surface area (TPSA) is 96.0 Å². The molecule has 0 aliphatic heterocycles. The lowest BCUT2D eigenvalue weighted by Gasteiger charge is -2.32. The molecule has 0 spiro atoms. The molecule has 0 aliphatic carbocycles. The number of amides is 2. The van der Waals surface area contributed by atoms with E-state index < -0.39 is 28.5 Å². The van der Waals surface area contributed by atoms with Crippen molar-refractivity contribution < 1.29 is 22.7 Å². The maximum atomic E-state index is 13.9. The molecular formula is C27H29Cl2N3O5S. The predicted molar refractivity (Wildman–Crippen MR) is 149 cm³/mol. The molecule has 0 heterocycles. The highest BCUT2D eigenvalue weighted by molar-refractivity contribution is 7.92. The zero-order valence-corrected chi connectivity index (χ0v) is 23.6. The number of para-hydroxylation sites is 2. The second kappa shape index (κ2) is 13.0. The van der Waals surface area contributed by atoms with Gasteiger partial charge in [-0.1, -0.05) is 59.6 Å². The normalized spacial score (nSPS) is 11.9. The van der Waals surface area contributed by atoms with Gasteiger partial charge in [-0.25, -0.2) is 8.42 Å². The maximum absolute atomic E-state index is 13.9. The van der Waals surface area contributed by atoms with Crippen LogP contribution in [0.4, 0.5) is 5.69 Å². The van der Waals surface area contributed by atoms with Crippen LogP contribution in [0.5, 0.6) is 5.75 Å². The van der Waals surface area contributed by atoms with Crippen molar-refractivity contribution in [2.24, 2.45) is 0 Å². The number of ether oxygens (including phenoxy) is 1. The van der Waals surface area contributed by atoms with Crippen LogP contribution in [0.2, 0.25) is 10.0 Å². The number of methoxy groups -OCH3 is 1. The van der Waals surface area contributed by atoms with Crippen molar-refractivity contribution in [2.45, 2.75) is 31.3 Å². The van der Waals surface area contributed by atoms with Gasteiger partial charge in [0.15, 0.2) is 0 Å². The monoisotopic (exact) mass is 577 g/mol. The number of likely N-dealkylation sites (N-methyl/N-ethyl adjacent to an activating group) is 1. The highest BCUT2D eigenvalue weighted by Crippen LogP contribution is 2.32. The van der Waals surface area contributed by atoms with Gasteiger partial charge in [-0.15, -0.1) is 0 Å². The van der Waals surface area contributed by atoms with Gasteiger partial charge in [0.05, 0.1) is 17.7 Å². The molecule has 0 bridgehead atoms. The van der Waals surface area contributed by atoms with E-state index in [9.17, 15) is 18.0 Å². The molecule has 3 aromatic rings. The second-order valence-corrected chi connectivity index (χ2v) is 11.0. The molecule has 0 aliphatic rings. The van der Waals surface area contributed by atoms with Crippen molar-refractivity contribution in [1.29, 1.82) is 0 Å². The quantitative estimate of drug-likeness (QED) is 0.354. The van der Waals surface area contributed by atoms with E-state index in [1.54, 1.807) is 74.5 Å². The fraction of sp³-hybridized carbons (Fsp3) is 0.259. The molecule has 38 heavy (non-hydrogen) atoms. The van der Waals surface area contributed by atoms with Gasteiger partial charge >= 0.3 is 0 Å². The summed E-state index contributed by atoms with van der Waals surface area (Å²) in [5, 5.41) is 3.45. The number of carbonyl (C=O) groups is 2. The second-order valence-electron chi connectivity index (χ2n) is 8.32. The summed E-state index contributed by atoms with van der Waals surface area (Å²) in [6, 6.07) is 18.2. The number of sulfonamides is 1. The Balaban J connectivity index is 2.07. The van der Waals surface area contributed by atoms with Crippen molar-refractivity contribution in [2.75, 3.05) is 24.5 Å². The summed E-state index contributed by atoms with van der Waals surface area (Å²) in [6.45, 7) is 3.07. The van der Waals surface area contributed by atoms with Crippen molar-refractivity contribution in [3.8, 4) is 5.75 Å². The Morgan fingerprint density at radius 1 is 1.00 bits per heavy atom. The lowest BCUT2D eigenvalue weighted by atomic mass is 10.1. The van der Waals surface area contributed by atoms with Gasteiger partial charge in [0.2, 0.25) is 11.8 Å². The number of anilines is 1. The molecule has 1 atom stereocenters. The molecule has 0 unspecified atom stereocenters. The van der Waals surface area contributed by atoms with Crippen LogP contribution in [0.3, 0.4) is 0 Å². The van der Waals surface area contributed by atoms with Gasteiger partial charge in [0.1, 0.15) is 18.3 Å². The number of nitrogens with zero attached hydrogens (tertiary/aromatic N) is 2. The van der Waals surface area contributed by atoms with E-state index in [1.807, 2.05) is 0 Å². The number of rotatable bonds is 11. The fourth-order valence-electron chi connectivity index (χ4n) is 3.81. The third-order valence-electron chi connectivity index (χ3n) is 5.84. The van der Waals surface area contributed by atoms with E-state index in [0.717, 1.165) is 4.31 Å². The van der Waals surface area contributed by atoms with Gasteiger partial charge in [-0.2, -0.15) is 0 Å². The molecule has 2 amide bonds. The first-order chi connectivity index (χ1) is 18.1. The molecule has 1 N–H and O–H groups in total. The third kappa shape index (κ3) is 6.78. The Morgan fingerprint density at radius 2 is 1.66 bits per heavy atom. The summed E-state index contributed by atoms with van der Waals surface area (Å²) in [6.07, 6.45) is 0. The molecule has 3 aromatic carbocycles. The number of benzene rings is 3. The van der Waals surface area contributed by atoms with Crippen molar-refractivity contribution in [1.82, 2.24) is 10.2 Å². The van der Waals surface area contributed by atoms with Crippen LogP contribution < -0.4 is 14.4 Å². The summed E-state index contributed by atoms with van der Waals surface area (Å²) in [5.41, 5.74) is 0.734. The summed E-state index contributed by atoms with van der Waals surface area (Å²) >= 11 is 12.4. The van der Waals surface area contributed by atoms with Crippen LogP contribution >= 0.6 is 23.2 Å². The zero-order valence-electron chi connectivity index (χ0n) is 21.2. The van der Waals surface area contributed by atoms with Crippen molar-refractivity contribution >= 4 is 50.7 Å². The molecular weight excluding hydrogens is 549 g/mol. The Kier molecular flexibility index (Phi) is 10.0. The lowest BCUT2D eigenvalue weighted by molar-refractivity contribution is -0.139. The molecule has 3 rings (SSSR count). The molecule has 11 heteroatoms. The number of nitrogens with one attached hydrogen (secondary N) is 1. The van der Waals surface area contributed by atoms with E-state index in [0.29, 0.717) is 22.2 Å². The molecule has 0 fully saturated rings. The summed E-state index contributed by atoms with van der Waals surface area (Å²) in [5.74, 6) is -0.732. The highest BCUT2D eigenvalue weighted by Gasteiger charge is 2.33. The van der Waals surface area contributed by atoms with Crippen LogP contribution in [0.1, 0.15) is 19.4 Å². The summed E-state index contributed by atoms with van der Waals surface area (Å²) < 4.78 is 34.0. The van der Waals surface area contributed by atoms with E-state index in [4.69, 9.17) is 27.9 Å². The Labute approximate surface area is 233 Å². The van der Waals surface area contributed by atoms with Gasteiger partial charge in [-0.05, 0) is 55.8 Å². The lowest BCUT2D eigenvalue weighted by Crippen LogP contribution is -2.51. The first-order valence-electron chi connectivity index (χ1n) is 11.8. The van der Waals surface area contributed by atoms with Crippen LogP contribution in [0.15, 0.2) is 77.7 Å². The van der Waals surface area contributed by atoms with Crippen LogP contribution in [0, 0.1) is 0 Å². The van der Waals surface area contributed by atoms with Gasteiger partial charge < -0.3 is 15.0 Å². The maximum Gasteiger partial charge on any atom is 0.264 e. The van der Waals surface area contributed by atoms with E-state index >= 15 is 0 Å². The first kappa shape index (κ1) is 29.3. The third-order valence-corrected chi connectivity index (χ3v) is 8.20. The zero-order chi connectivity index (χ0) is 27.9. The van der Waals surface area contributed by atoms with Crippen LogP contribution in [-0.2, 0) is 26.2 Å². The highest BCUT2D eigenvalue weighted by atomic mass is 35.5. The average Bonchev–Trinajstić information content (AvgIpc) is 2.91.